The standard InChI is InChI=1S/C18H18O2/c1-2-6-13(7-3-1)18-16-12-20-17-9-5-4-8-15(17)14(16)10-11-19-18/h1-9,14,16,18H,10-12H2/t14-,16+,18+/m0/s1. The molecule has 0 radical (unpaired) electrons. The first-order chi connectivity index (χ1) is 9.93. The van der Waals surface area contributed by atoms with Gasteiger partial charge < -0.3 is 9.47 Å². The van der Waals surface area contributed by atoms with Gasteiger partial charge in [0.2, 0.25) is 0 Å². The first kappa shape index (κ1) is 12.0. The number of para-hydroxylation sites is 1. The molecule has 3 atom stereocenters. The molecule has 20 heavy (non-hydrogen) atoms. The van der Waals surface area contributed by atoms with Gasteiger partial charge in [-0.1, -0.05) is 48.5 Å². The molecule has 4 rings (SSSR count). The molecule has 2 aromatic rings. The smallest absolute Gasteiger partial charge is 0.122 e. The highest BCUT2D eigenvalue weighted by Gasteiger charge is 2.40. The van der Waals surface area contributed by atoms with E-state index < -0.39 is 0 Å². The number of ether oxygens (including phenoxy) is 2. The molecule has 2 aliphatic heterocycles. The Labute approximate surface area is 119 Å². The number of hydrogen-bond donors (Lipinski definition) is 0. The zero-order chi connectivity index (χ0) is 13.4. The zero-order valence-corrected chi connectivity index (χ0v) is 11.4. The lowest BCUT2D eigenvalue weighted by Crippen LogP contribution is -2.36. The predicted octanol–water partition coefficient (Wildman–Crippen LogP) is 3.94. The van der Waals surface area contributed by atoms with Crippen molar-refractivity contribution in [3.63, 3.8) is 0 Å². The van der Waals surface area contributed by atoms with E-state index in [1.165, 1.54) is 11.1 Å². The van der Waals surface area contributed by atoms with Crippen molar-refractivity contribution in [3.8, 4) is 5.75 Å². The second-order valence-corrected chi connectivity index (χ2v) is 5.61. The topological polar surface area (TPSA) is 18.5 Å². The molecule has 0 spiro atoms. The van der Waals surface area contributed by atoms with Crippen LogP contribution in [-0.4, -0.2) is 13.2 Å². The number of benzene rings is 2. The number of fused-ring (bicyclic) bond motifs is 3. The van der Waals surface area contributed by atoms with E-state index in [-0.39, 0.29) is 6.10 Å². The van der Waals surface area contributed by atoms with Crippen LogP contribution in [0, 0.1) is 5.92 Å². The van der Waals surface area contributed by atoms with Crippen LogP contribution in [0.5, 0.6) is 5.75 Å². The zero-order valence-electron chi connectivity index (χ0n) is 11.4. The average molecular weight is 266 g/mol. The molecule has 0 N–H and O–H groups in total. The molecule has 0 aromatic heterocycles. The van der Waals surface area contributed by atoms with Crippen LogP contribution >= 0.6 is 0 Å². The van der Waals surface area contributed by atoms with Crippen LogP contribution in [0.25, 0.3) is 0 Å². The van der Waals surface area contributed by atoms with Crippen molar-refractivity contribution in [1.82, 2.24) is 0 Å². The molecule has 2 aliphatic rings. The average Bonchev–Trinajstić information content (AvgIpc) is 2.55. The maximum atomic E-state index is 6.07. The van der Waals surface area contributed by atoms with E-state index >= 15 is 0 Å². The van der Waals surface area contributed by atoms with Crippen molar-refractivity contribution in [2.45, 2.75) is 18.4 Å². The van der Waals surface area contributed by atoms with Crippen LogP contribution in [-0.2, 0) is 4.74 Å². The van der Waals surface area contributed by atoms with Crippen LogP contribution in [0.15, 0.2) is 54.6 Å². The van der Waals surface area contributed by atoms with E-state index in [9.17, 15) is 0 Å². The fourth-order valence-corrected chi connectivity index (χ4v) is 3.55. The van der Waals surface area contributed by atoms with Gasteiger partial charge in [-0.3, -0.25) is 0 Å². The van der Waals surface area contributed by atoms with Gasteiger partial charge in [-0.05, 0) is 29.5 Å². The van der Waals surface area contributed by atoms with Crippen molar-refractivity contribution in [2.24, 2.45) is 5.92 Å². The minimum atomic E-state index is 0.156. The van der Waals surface area contributed by atoms with Crippen LogP contribution in [0.4, 0.5) is 0 Å². The summed E-state index contributed by atoms with van der Waals surface area (Å²) >= 11 is 0. The van der Waals surface area contributed by atoms with Gasteiger partial charge in [0.25, 0.3) is 0 Å². The van der Waals surface area contributed by atoms with Gasteiger partial charge in [0.15, 0.2) is 0 Å². The van der Waals surface area contributed by atoms with Crippen molar-refractivity contribution in [1.29, 1.82) is 0 Å². The molecular weight excluding hydrogens is 248 g/mol. The third-order valence-corrected chi connectivity index (χ3v) is 4.51. The third-order valence-electron chi connectivity index (χ3n) is 4.51. The van der Waals surface area contributed by atoms with E-state index in [4.69, 9.17) is 9.47 Å². The van der Waals surface area contributed by atoms with Gasteiger partial charge >= 0.3 is 0 Å². The van der Waals surface area contributed by atoms with E-state index in [1.54, 1.807) is 0 Å². The lowest BCUT2D eigenvalue weighted by atomic mass is 9.75. The molecule has 0 aliphatic carbocycles. The van der Waals surface area contributed by atoms with Crippen LogP contribution in [0.1, 0.15) is 29.6 Å². The molecular formula is C18H18O2. The second-order valence-electron chi connectivity index (χ2n) is 5.61. The summed E-state index contributed by atoms with van der Waals surface area (Å²) in [5.74, 6) is 2.03. The van der Waals surface area contributed by atoms with Gasteiger partial charge in [-0.2, -0.15) is 0 Å². The Hall–Kier alpha value is -1.80. The molecule has 2 heterocycles. The van der Waals surface area contributed by atoms with E-state index in [0.29, 0.717) is 11.8 Å². The Morgan fingerprint density at radius 3 is 2.60 bits per heavy atom. The largest absolute Gasteiger partial charge is 0.493 e. The van der Waals surface area contributed by atoms with E-state index in [0.717, 1.165) is 25.4 Å². The highest BCUT2D eigenvalue weighted by molar-refractivity contribution is 5.39. The Kier molecular flexibility index (Phi) is 2.96. The maximum Gasteiger partial charge on any atom is 0.122 e. The summed E-state index contributed by atoms with van der Waals surface area (Å²) in [6.07, 6.45) is 1.25. The molecule has 1 fully saturated rings. The van der Waals surface area contributed by atoms with Crippen molar-refractivity contribution in [3.05, 3.63) is 65.7 Å². The minimum Gasteiger partial charge on any atom is -0.493 e. The highest BCUT2D eigenvalue weighted by atomic mass is 16.5. The lowest BCUT2D eigenvalue weighted by Gasteiger charge is -2.42. The monoisotopic (exact) mass is 266 g/mol. The number of rotatable bonds is 1. The Morgan fingerprint density at radius 1 is 0.900 bits per heavy atom. The van der Waals surface area contributed by atoms with Gasteiger partial charge in [0.05, 0.1) is 12.7 Å². The number of hydrogen-bond acceptors (Lipinski definition) is 2. The molecule has 2 aromatic carbocycles. The summed E-state index contributed by atoms with van der Waals surface area (Å²) in [4.78, 5) is 0. The Balaban J connectivity index is 1.70. The molecule has 0 saturated carbocycles. The van der Waals surface area contributed by atoms with E-state index in [2.05, 4.69) is 48.5 Å². The normalized spacial score (nSPS) is 28.1. The first-order valence-corrected chi connectivity index (χ1v) is 7.32. The Morgan fingerprint density at radius 2 is 1.70 bits per heavy atom. The second kappa shape index (κ2) is 4.95. The molecule has 2 nitrogen and oxygen atoms in total. The third kappa shape index (κ3) is 1.92. The van der Waals surface area contributed by atoms with Crippen molar-refractivity contribution < 1.29 is 9.47 Å². The molecule has 0 bridgehead atoms. The first-order valence-electron chi connectivity index (χ1n) is 7.32. The summed E-state index contributed by atoms with van der Waals surface area (Å²) in [6.45, 7) is 1.58. The quantitative estimate of drug-likeness (QED) is 0.778. The SMILES string of the molecule is c1ccc([C@H]2OCC[C@H]3c4ccccc4OC[C@@H]23)cc1. The van der Waals surface area contributed by atoms with Crippen LogP contribution < -0.4 is 4.74 Å². The van der Waals surface area contributed by atoms with Gasteiger partial charge in [-0.25, -0.2) is 0 Å². The summed E-state index contributed by atoms with van der Waals surface area (Å²) in [5, 5.41) is 0. The minimum absolute atomic E-state index is 0.156. The lowest BCUT2D eigenvalue weighted by molar-refractivity contribution is -0.0615. The molecule has 1 saturated heterocycles. The molecule has 102 valence electrons. The van der Waals surface area contributed by atoms with Crippen LogP contribution in [0.2, 0.25) is 0 Å². The molecule has 0 amide bonds. The highest BCUT2D eigenvalue weighted by Crippen LogP contribution is 2.48. The van der Waals surface area contributed by atoms with Crippen molar-refractivity contribution >= 4 is 0 Å². The fourth-order valence-electron chi connectivity index (χ4n) is 3.55. The summed E-state index contributed by atoms with van der Waals surface area (Å²) in [7, 11) is 0. The predicted molar refractivity (Wildman–Crippen MR) is 77.9 cm³/mol. The van der Waals surface area contributed by atoms with Gasteiger partial charge in [-0.15, -0.1) is 0 Å². The summed E-state index contributed by atoms with van der Waals surface area (Å²) in [5.41, 5.74) is 2.62. The molecule has 2 heteroatoms. The van der Waals surface area contributed by atoms with Crippen molar-refractivity contribution in [2.75, 3.05) is 13.2 Å². The van der Waals surface area contributed by atoms with E-state index in [1.807, 2.05) is 6.07 Å². The van der Waals surface area contributed by atoms with Gasteiger partial charge in [0.1, 0.15) is 5.75 Å². The van der Waals surface area contributed by atoms with Gasteiger partial charge in [0, 0.05) is 12.5 Å². The van der Waals surface area contributed by atoms with Crippen LogP contribution in [0.3, 0.4) is 0 Å². The summed E-state index contributed by atoms with van der Waals surface area (Å²) < 4.78 is 12.0. The molecule has 0 unspecified atom stereocenters. The Bertz CT molecular complexity index is 593. The fraction of sp³-hybridized carbons (Fsp3) is 0.333. The maximum absolute atomic E-state index is 6.07. The summed E-state index contributed by atoms with van der Waals surface area (Å²) in [6, 6.07) is 19.0.